The zero-order chi connectivity index (χ0) is 8.10. The molecule has 4 heteroatoms. The molecule has 0 heterocycles. The van der Waals surface area contributed by atoms with Gasteiger partial charge in [0.05, 0.1) is 0 Å². The van der Waals surface area contributed by atoms with Crippen LogP contribution in [-0.2, 0) is 0 Å². The lowest BCUT2D eigenvalue weighted by molar-refractivity contribution is 1.39. The first-order valence-electron chi connectivity index (χ1n) is 3.06. The molecule has 3 nitrogen and oxygen atoms in total. The smallest absolute Gasteiger partial charge is 0.0386 e. The number of rotatable bonds is 2. The van der Waals surface area contributed by atoms with Crippen molar-refractivity contribution in [1.82, 2.24) is 0 Å². The van der Waals surface area contributed by atoms with Crippen molar-refractivity contribution >= 4 is 17.4 Å². The van der Waals surface area contributed by atoms with Gasteiger partial charge in [-0.2, -0.15) is 0 Å². The summed E-state index contributed by atoms with van der Waals surface area (Å²) in [6, 6.07) is 7.47. The average molecular weight is 165 g/mol. The summed E-state index contributed by atoms with van der Waals surface area (Å²) in [4.78, 5) is 3.80. The molecule has 0 amide bonds. The van der Waals surface area contributed by atoms with Crippen molar-refractivity contribution in [2.24, 2.45) is 5.11 Å². The van der Waals surface area contributed by atoms with Gasteiger partial charge in [0.2, 0.25) is 0 Å². The molecule has 0 aliphatic heterocycles. The predicted octanol–water partition coefficient (Wildman–Crippen LogP) is 3.35. The standard InChI is InChI=1S/C7H7N3S/c1-11-7-4-2-3-6(5-7)9-10-8/h2-5H,1H3. The van der Waals surface area contributed by atoms with Gasteiger partial charge in [-0.1, -0.05) is 17.2 Å². The molecule has 0 aromatic heterocycles. The zero-order valence-corrected chi connectivity index (χ0v) is 6.88. The summed E-state index contributed by atoms with van der Waals surface area (Å²) < 4.78 is 0. The first kappa shape index (κ1) is 7.98. The van der Waals surface area contributed by atoms with Crippen molar-refractivity contribution in [2.45, 2.75) is 4.90 Å². The van der Waals surface area contributed by atoms with E-state index < -0.39 is 0 Å². The van der Waals surface area contributed by atoms with Crippen LogP contribution < -0.4 is 0 Å². The monoisotopic (exact) mass is 165 g/mol. The lowest BCUT2D eigenvalue weighted by Gasteiger charge is -1.94. The van der Waals surface area contributed by atoms with Crippen LogP contribution >= 0.6 is 11.8 Å². The Morgan fingerprint density at radius 1 is 1.55 bits per heavy atom. The van der Waals surface area contributed by atoms with Gasteiger partial charge in [-0.05, 0) is 23.9 Å². The third-order valence-corrected chi connectivity index (χ3v) is 1.94. The number of thioether (sulfide) groups is 1. The Labute approximate surface area is 69.1 Å². The van der Waals surface area contributed by atoms with E-state index in [1.54, 1.807) is 17.8 Å². The van der Waals surface area contributed by atoms with Crippen LogP contribution in [0.2, 0.25) is 0 Å². The van der Waals surface area contributed by atoms with Gasteiger partial charge in [-0.25, -0.2) is 0 Å². The maximum absolute atomic E-state index is 8.13. The van der Waals surface area contributed by atoms with Crippen LogP contribution in [0.4, 0.5) is 5.69 Å². The Hall–Kier alpha value is -1.12. The SMILES string of the molecule is CSc1cccc(N=[N+]=[N-])c1. The summed E-state index contributed by atoms with van der Waals surface area (Å²) in [6.07, 6.45) is 1.98. The molecule has 0 spiro atoms. The number of azide groups is 1. The molecule has 0 atom stereocenters. The highest BCUT2D eigenvalue weighted by atomic mass is 32.2. The molecule has 1 aromatic carbocycles. The quantitative estimate of drug-likeness (QED) is 0.287. The molecule has 0 saturated carbocycles. The molecular weight excluding hydrogens is 158 g/mol. The van der Waals surface area contributed by atoms with Crippen LogP contribution in [0, 0.1) is 0 Å². The van der Waals surface area contributed by atoms with Crippen molar-refractivity contribution in [1.29, 1.82) is 0 Å². The van der Waals surface area contributed by atoms with E-state index >= 15 is 0 Å². The van der Waals surface area contributed by atoms with E-state index in [4.69, 9.17) is 5.53 Å². The summed E-state index contributed by atoms with van der Waals surface area (Å²) in [6.45, 7) is 0. The second-order valence-electron chi connectivity index (χ2n) is 1.89. The Bertz CT molecular complexity index is 291. The van der Waals surface area contributed by atoms with Crippen molar-refractivity contribution in [2.75, 3.05) is 6.26 Å². The Kier molecular flexibility index (Phi) is 2.83. The van der Waals surface area contributed by atoms with Crippen LogP contribution in [-0.4, -0.2) is 6.26 Å². The van der Waals surface area contributed by atoms with Crippen molar-refractivity contribution in [3.8, 4) is 0 Å². The van der Waals surface area contributed by atoms with Gasteiger partial charge in [0.1, 0.15) is 0 Å². The minimum absolute atomic E-state index is 0.666. The van der Waals surface area contributed by atoms with Gasteiger partial charge in [0.15, 0.2) is 0 Å². The van der Waals surface area contributed by atoms with Gasteiger partial charge in [0.25, 0.3) is 0 Å². The molecule has 0 aliphatic rings. The van der Waals surface area contributed by atoms with Crippen LogP contribution in [0.1, 0.15) is 0 Å². The lowest BCUT2D eigenvalue weighted by atomic mass is 10.3. The first-order valence-corrected chi connectivity index (χ1v) is 4.28. The molecular formula is C7H7N3S. The molecule has 0 radical (unpaired) electrons. The summed E-state index contributed by atoms with van der Waals surface area (Å²) in [5.74, 6) is 0. The van der Waals surface area contributed by atoms with Gasteiger partial charge >= 0.3 is 0 Å². The van der Waals surface area contributed by atoms with Gasteiger partial charge in [0, 0.05) is 15.5 Å². The fourth-order valence-electron chi connectivity index (χ4n) is 0.724. The maximum Gasteiger partial charge on any atom is 0.0386 e. The molecule has 56 valence electrons. The lowest BCUT2D eigenvalue weighted by Crippen LogP contribution is -1.66. The summed E-state index contributed by atoms with van der Waals surface area (Å²) in [5, 5.41) is 3.48. The van der Waals surface area contributed by atoms with Gasteiger partial charge < -0.3 is 0 Å². The van der Waals surface area contributed by atoms with Crippen molar-refractivity contribution in [3.63, 3.8) is 0 Å². The molecule has 0 fully saturated rings. The largest absolute Gasteiger partial charge is 0.130 e. The Morgan fingerprint density at radius 2 is 2.36 bits per heavy atom. The minimum atomic E-state index is 0.666. The molecule has 0 N–H and O–H groups in total. The number of benzene rings is 1. The van der Waals surface area contributed by atoms with Crippen molar-refractivity contribution in [3.05, 3.63) is 34.7 Å². The van der Waals surface area contributed by atoms with Crippen LogP contribution in [0.15, 0.2) is 34.3 Å². The third kappa shape index (κ3) is 2.18. The molecule has 0 bridgehead atoms. The van der Waals surface area contributed by atoms with Crippen LogP contribution in [0.3, 0.4) is 0 Å². The second kappa shape index (κ2) is 3.91. The molecule has 0 saturated heterocycles. The molecule has 0 aliphatic carbocycles. The van der Waals surface area contributed by atoms with Crippen LogP contribution in [0.25, 0.3) is 10.4 Å². The molecule has 11 heavy (non-hydrogen) atoms. The summed E-state index contributed by atoms with van der Waals surface area (Å²) in [5.41, 5.74) is 8.80. The van der Waals surface area contributed by atoms with E-state index in [1.807, 2.05) is 24.5 Å². The number of nitrogens with zero attached hydrogens (tertiary/aromatic N) is 3. The first-order chi connectivity index (χ1) is 5.36. The van der Waals surface area contributed by atoms with E-state index in [0.717, 1.165) is 4.90 Å². The molecule has 1 aromatic rings. The minimum Gasteiger partial charge on any atom is -0.130 e. The maximum atomic E-state index is 8.13. The fraction of sp³-hybridized carbons (Fsp3) is 0.143. The fourth-order valence-corrected chi connectivity index (χ4v) is 1.18. The number of hydrogen-bond donors (Lipinski definition) is 0. The van der Waals surface area contributed by atoms with Crippen molar-refractivity contribution < 1.29 is 0 Å². The highest BCUT2D eigenvalue weighted by molar-refractivity contribution is 7.98. The molecule has 1 rings (SSSR count). The topological polar surface area (TPSA) is 48.8 Å². The van der Waals surface area contributed by atoms with E-state index in [0.29, 0.717) is 5.69 Å². The highest BCUT2D eigenvalue weighted by Gasteiger charge is 1.89. The van der Waals surface area contributed by atoms with E-state index in [2.05, 4.69) is 10.0 Å². The van der Waals surface area contributed by atoms with Gasteiger partial charge in [-0.3, -0.25) is 0 Å². The Balaban J connectivity index is 3.00. The highest BCUT2D eigenvalue weighted by Crippen LogP contribution is 2.20. The predicted molar refractivity (Wildman–Crippen MR) is 47.0 cm³/mol. The second-order valence-corrected chi connectivity index (χ2v) is 2.77. The summed E-state index contributed by atoms with van der Waals surface area (Å²) in [7, 11) is 0. The Morgan fingerprint density at radius 3 is 3.00 bits per heavy atom. The van der Waals surface area contributed by atoms with Crippen LogP contribution in [0.5, 0.6) is 0 Å². The zero-order valence-electron chi connectivity index (χ0n) is 6.06. The summed E-state index contributed by atoms with van der Waals surface area (Å²) >= 11 is 1.63. The third-order valence-electron chi connectivity index (χ3n) is 1.21. The normalized spacial score (nSPS) is 8.82. The average Bonchev–Trinajstić information content (AvgIpc) is 2.06. The number of hydrogen-bond acceptors (Lipinski definition) is 2. The van der Waals surface area contributed by atoms with E-state index in [1.165, 1.54) is 0 Å². The van der Waals surface area contributed by atoms with E-state index in [9.17, 15) is 0 Å². The van der Waals surface area contributed by atoms with E-state index in [-0.39, 0.29) is 0 Å². The van der Waals surface area contributed by atoms with Gasteiger partial charge in [-0.15, -0.1) is 11.8 Å². The molecule has 0 unspecified atom stereocenters.